The first kappa shape index (κ1) is 31.0. The van der Waals surface area contributed by atoms with Gasteiger partial charge in [-0.2, -0.15) is 0 Å². The van der Waals surface area contributed by atoms with Crippen LogP contribution in [0.2, 0.25) is 0 Å². The van der Waals surface area contributed by atoms with Gasteiger partial charge in [0.15, 0.2) is 0 Å². The topological polar surface area (TPSA) is 18.5 Å². The van der Waals surface area contributed by atoms with Crippen molar-refractivity contribution in [1.82, 2.24) is 0 Å². The summed E-state index contributed by atoms with van der Waals surface area (Å²) in [7, 11) is 0. The third-order valence-electron chi connectivity index (χ3n) is 7.83. The van der Waals surface area contributed by atoms with Gasteiger partial charge in [0, 0.05) is 0 Å². The second kappa shape index (κ2) is 14.8. The fraction of sp³-hybridized carbons (Fsp3) is 0.471. The number of benzene rings is 3. The van der Waals surface area contributed by atoms with E-state index in [1.54, 1.807) is 0 Å². The van der Waals surface area contributed by atoms with Gasteiger partial charge in [0.2, 0.25) is 0 Å². The summed E-state index contributed by atoms with van der Waals surface area (Å²) in [5.41, 5.74) is 4.10. The van der Waals surface area contributed by atoms with Crippen molar-refractivity contribution in [1.29, 1.82) is 0 Å². The number of halogens is 1. The number of rotatable bonds is 16. The van der Waals surface area contributed by atoms with E-state index in [9.17, 15) is 0 Å². The van der Waals surface area contributed by atoms with Crippen LogP contribution in [0, 0.1) is 20.8 Å². The third-order valence-corrected chi connectivity index (χ3v) is 18.0. The van der Waals surface area contributed by atoms with Crippen LogP contribution in [0.25, 0.3) is 0 Å². The third kappa shape index (κ3) is 6.97. The number of hydrogen-bond acceptors (Lipinski definition) is 2. The average molecular weight is 600 g/mol. The molecular formula is C34H48BrO2P. The van der Waals surface area contributed by atoms with E-state index in [-0.39, 0.29) is 6.29 Å². The monoisotopic (exact) mass is 598 g/mol. The summed E-state index contributed by atoms with van der Waals surface area (Å²) < 4.78 is 11.4. The molecule has 3 aromatic carbocycles. The van der Waals surface area contributed by atoms with Crippen molar-refractivity contribution < 1.29 is 9.47 Å². The van der Waals surface area contributed by atoms with Crippen LogP contribution in [0.3, 0.4) is 0 Å². The Hall–Kier alpha value is -1.51. The fourth-order valence-corrected chi connectivity index (χ4v) is 16.3. The number of hydrogen-bond donors (Lipinski definition) is 0. The molecule has 0 unspecified atom stereocenters. The predicted molar refractivity (Wildman–Crippen MR) is 173 cm³/mol. The Morgan fingerprint density at radius 3 is 1.34 bits per heavy atom. The SMILES string of the molecule is CCOC(CCCCCCCCP(Br)(c1ccccc1C)(c1ccccc1C)c1ccccc1C)OCC. The van der Waals surface area contributed by atoms with Crippen LogP contribution in [-0.4, -0.2) is 25.7 Å². The van der Waals surface area contributed by atoms with Crippen LogP contribution in [0.5, 0.6) is 0 Å². The Bertz CT molecular complexity index is 1020. The maximum absolute atomic E-state index is 5.71. The molecule has 0 aliphatic heterocycles. The first-order chi connectivity index (χ1) is 18.4. The van der Waals surface area contributed by atoms with Crippen LogP contribution >= 0.6 is 20.8 Å². The molecule has 0 aromatic heterocycles. The molecule has 0 radical (unpaired) electrons. The molecule has 38 heavy (non-hydrogen) atoms. The van der Waals surface area contributed by atoms with Gasteiger partial charge in [-0.25, -0.2) is 0 Å². The molecule has 0 aliphatic carbocycles. The van der Waals surface area contributed by atoms with Gasteiger partial charge < -0.3 is 0 Å². The van der Waals surface area contributed by atoms with E-state index in [4.69, 9.17) is 25.0 Å². The van der Waals surface area contributed by atoms with Gasteiger partial charge in [0.05, 0.1) is 0 Å². The molecule has 0 saturated heterocycles. The van der Waals surface area contributed by atoms with Gasteiger partial charge in [0.1, 0.15) is 0 Å². The van der Waals surface area contributed by atoms with Crippen LogP contribution in [-0.2, 0) is 9.47 Å². The molecular weight excluding hydrogens is 551 g/mol. The number of unbranched alkanes of at least 4 members (excludes halogenated alkanes) is 5. The zero-order valence-electron chi connectivity index (χ0n) is 24.2. The molecule has 0 heterocycles. The average Bonchev–Trinajstić information content (AvgIpc) is 2.91. The normalized spacial score (nSPS) is 13.0. The number of aryl methyl sites for hydroxylation is 3. The van der Waals surface area contributed by atoms with Crippen molar-refractivity contribution >= 4 is 36.7 Å². The van der Waals surface area contributed by atoms with Crippen molar-refractivity contribution in [3.8, 4) is 0 Å². The summed E-state index contributed by atoms with van der Waals surface area (Å²) in [6, 6.07) is 27.2. The summed E-state index contributed by atoms with van der Waals surface area (Å²) in [6.45, 7) is 12.4. The Balaban J connectivity index is 1.84. The Morgan fingerprint density at radius 2 is 0.947 bits per heavy atom. The second-order valence-corrected chi connectivity index (χ2v) is 19.5. The van der Waals surface area contributed by atoms with Crippen molar-refractivity contribution in [2.75, 3.05) is 19.4 Å². The minimum atomic E-state index is -2.91. The van der Waals surface area contributed by atoms with Gasteiger partial charge in [-0.15, -0.1) is 0 Å². The van der Waals surface area contributed by atoms with E-state index < -0.39 is 5.31 Å². The first-order valence-electron chi connectivity index (χ1n) is 14.5. The van der Waals surface area contributed by atoms with E-state index in [0.717, 1.165) is 19.0 Å². The van der Waals surface area contributed by atoms with Crippen LogP contribution in [0.15, 0.2) is 72.8 Å². The van der Waals surface area contributed by atoms with E-state index in [0.29, 0.717) is 13.2 Å². The summed E-state index contributed by atoms with van der Waals surface area (Å²) in [5, 5.41) is 1.51. The molecule has 0 atom stereocenters. The molecule has 0 aliphatic rings. The molecule has 2 nitrogen and oxygen atoms in total. The van der Waals surface area contributed by atoms with Crippen molar-refractivity contribution in [3.63, 3.8) is 0 Å². The van der Waals surface area contributed by atoms with Gasteiger partial charge in [-0.1, -0.05) is 0 Å². The molecule has 0 fully saturated rings. The Morgan fingerprint density at radius 1 is 0.579 bits per heavy atom. The molecule has 0 spiro atoms. The zero-order chi connectivity index (χ0) is 27.5. The Labute approximate surface area is 240 Å². The Kier molecular flexibility index (Phi) is 12.0. The quantitative estimate of drug-likeness (QED) is 0.0930. The van der Waals surface area contributed by atoms with Gasteiger partial charge in [-0.3, -0.25) is 0 Å². The summed E-state index contributed by atoms with van der Waals surface area (Å²) in [6.07, 6.45) is 9.46. The second-order valence-electron chi connectivity index (χ2n) is 10.5. The van der Waals surface area contributed by atoms with E-state index in [1.807, 2.05) is 13.8 Å². The molecule has 208 valence electrons. The maximum atomic E-state index is 5.71. The summed E-state index contributed by atoms with van der Waals surface area (Å²) in [4.78, 5) is 0. The van der Waals surface area contributed by atoms with E-state index in [2.05, 4.69) is 93.6 Å². The standard InChI is InChI=1S/C34H48BrO2P/c1-6-36-34(37-7-2)26-12-10-8-9-11-19-27-38(35,31-23-16-13-20-28(31)3,32-24-17-14-21-29(32)4)33-25-18-15-22-30(33)5/h13-18,20-25,34H,6-12,19,26-27H2,1-5H3. The van der Waals surface area contributed by atoms with Crippen molar-refractivity contribution in [2.24, 2.45) is 0 Å². The predicted octanol–water partition coefficient (Wildman–Crippen LogP) is 8.88. The zero-order valence-corrected chi connectivity index (χ0v) is 26.7. The van der Waals surface area contributed by atoms with Crippen LogP contribution in [0.1, 0.15) is 75.5 Å². The molecule has 3 rings (SSSR count). The molecule has 0 bridgehead atoms. The first-order valence-corrected chi connectivity index (χ1v) is 18.9. The fourth-order valence-electron chi connectivity index (χ4n) is 6.02. The van der Waals surface area contributed by atoms with E-state index >= 15 is 0 Å². The molecule has 4 heteroatoms. The summed E-state index contributed by atoms with van der Waals surface area (Å²) in [5.74, 6) is 0. The number of ether oxygens (including phenoxy) is 2. The van der Waals surface area contributed by atoms with Crippen molar-refractivity contribution in [3.05, 3.63) is 89.5 Å². The molecule has 3 aromatic rings. The molecule has 0 N–H and O–H groups in total. The van der Waals surface area contributed by atoms with Gasteiger partial charge >= 0.3 is 241 Å². The molecule has 0 saturated carbocycles. The van der Waals surface area contributed by atoms with Crippen molar-refractivity contribution in [2.45, 2.75) is 85.9 Å². The van der Waals surface area contributed by atoms with Gasteiger partial charge in [-0.05, 0) is 0 Å². The van der Waals surface area contributed by atoms with Crippen LogP contribution < -0.4 is 15.9 Å². The van der Waals surface area contributed by atoms with E-state index in [1.165, 1.54) is 64.7 Å². The minimum absolute atomic E-state index is 0.0400. The van der Waals surface area contributed by atoms with Crippen LogP contribution in [0.4, 0.5) is 0 Å². The molecule has 0 amide bonds. The summed E-state index contributed by atoms with van der Waals surface area (Å²) >= 11 is 4.71. The van der Waals surface area contributed by atoms with Gasteiger partial charge in [0.25, 0.3) is 0 Å².